The summed E-state index contributed by atoms with van der Waals surface area (Å²) in [6.45, 7) is 0.726. The smallest absolute Gasteiger partial charge is 0.251 e. The van der Waals surface area contributed by atoms with Crippen molar-refractivity contribution in [2.45, 2.75) is 31.8 Å². The van der Waals surface area contributed by atoms with Gasteiger partial charge in [0.15, 0.2) is 0 Å². The van der Waals surface area contributed by atoms with Crippen molar-refractivity contribution >= 4 is 5.91 Å². The first-order valence-electron chi connectivity index (χ1n) is 8.33. The number of hydrogen-bond donors (Lipinski definition) is 2. The SMILES string of the molecule is O=C1NCCc2ccc(C(O)C3C4C5CCC(C5)C43)cc21. The maximum Gasteiger partial charge on any atom is 0.251 e. The predicted octanol–water partition coefficient (Wildman–Crippen LogP) is 2.30. The summed E-state index contributed by atoms with van der Waals surface area (Å²) in [6.07, 6.45) is 4.69. The van der Waals surface area contributed by atoms with Crippen LogP contribution in [0.3, 0.4) is 0 Å². The van der Waals surface area contributed by atoms with E-state index in [0.717, 1.165) is 53.3 Å². The Kier molecular flexibility index (Phi) is 2.38. The third kappa shape index (κ3) is 1.61. The highest BCUT2D eigenvalue weighted by Crippen LogP contribution is 2.72. The molecular weight excluding hydrogens is 262 g/mol. The molecule has 1 aromatic rings. The van der Waals surface area contributed by atoms with E-state index in [-0.39, 0.29) is 12.0 Å². The number of carbonyl (C=O) groups excluding carboxylic acids is 1. The highest BCUT2D eigenvalue weighted by molar-refractivity contribution is 5.96. The van der Waals surface area contributed by atoms with Crippen molar-refractivity contribution in [3.05, 3.63) is 34.9 Å². The minimum Gasteiger partial charge on any atom is -0.388 e. The van der Waals surface area contributed by atoms with E-state index >= 15 is 0 Å². The zero-order valence-corrected chi connectivity index (χ0v) is 12.1. The molecule has 3 aliphatic carbocycles. The Bertz CT molecular complexity index is 610. The van der Waals surface area contributed by atoms with E-state index in [4.69, 9.17) is 0 Å². The van der Waals surface area contributed by atoms with Crippen molar-refractivity contribution in [3.63, 3.8) is 0 Å². The van der Waals surface area contributed by atoms with Crippen LogP contribution in [0.2, 0.25) is 0 Å². The zero-order valence-electron chi connectivity index (χ0n) is 12.1. The van der Waals surface area contributed by atoms with Crippen molar-refractivity contribution < 1.29 is 9.90 Å². The summed E-state index contributed by atoms with van der Waals surface area (Å²) in [4.78, 5) is 12.0. The standard InChI is InChI=1S/C18H21NO2/c20-17(16-14-10-2-3-11(7-10)15(14)16)12-4-1-9-5-6-19-18(21)13(9)8-12/h1,4,8,10-11,14-17,20H,2-3,5-7H2,(H,19,21). The van der Waals surface area contributed by atoms with E-state index in [0.29, 0.717) is 5.92 Å². The Morgan fingerprint density at radius 3 is 2.71 bits per heavy atom. The fourth-order valence-electron chi connectivity index (χ4n) is 5.65. The van der Waals surface area contributed by atoms with Crippen molar-refractivity contribution in [2.75, 3.05) is 6.54 Å². The second-order valence-corrected chi connectivity index (χ2v) is 7.43. The molecule has 3 saturated carbocycles. The third-order valence-electron chi connectivity index (χ3n) is 6.56. The second kappa shape index (κ2) is 4.10. The maximum absolute atomic E-state index is 12.0. The lowest BCUT2D eigenvalue weighted by atomic mass is 9.91. The molecule has 5 unspecified atom stereocenters. The Labute approximate surface area is 124 Å². The monoisotopic (exact) mass is 283 g/mol. The van der Waals surface area contributed by atoms with E-state index < -0.39 is 0 Å². The molecule has 3 heteroatoms. The quantitative estimate of drug-likeness (QED) is 0.875. The van der Waals surface area contributed by atoms with Crippen LogP contribution in [-0.4, -0.2) is 17.6 Å². The Morgan fingerprint density at radius 2 is 1.95 bits per heavy atom. The Morgan fingerprint density at radius 1 is 1.19 bits per heavy atom. The molecule has 0 saturated heterocycles. The van der Waals surface area contributed by atoms with Crippen molar-refractivity contribution in [3.8, 4) is 0 Å². The molecular formula is C18H21NO2. The minimum atomic E-state index is -0.372. The molecule has 3 fully saturated rings. The van der Waals surface area contributed by atoms with Crippen LogP contribution in [0.4, 0.5) is 0 Å². The van der Waals surface area contributed by atoms with Gasteiger partial charge in [0.05, 0.1) is 6.10 Å². The summed E-state index contributed by atoms with van der Waals surface area (Å²) >= 11 is 0. The normalized spacial score (nSPS) is 40.4. The van der Waals surface area contributed by atoms with Crippen LogP contribution >= 0.6 is 0 Å². The zero-order chi connectivity index (χ0) is 14.1. The first-order chi connectivity index (χ1) is 10.2. The molecule has 1 aliphatic heterocycles. The van der Waals surface area contributed by atoms with Crippen LogP contribution in [0.15, 0.2) is 18.2 Å². The van der Waals surface area contributed by atoms with Gasteiger partial charge in [0.25, 0.3) is 5.91 Å². The largest absolute Gasteiger partial charge is 0.388 e. The molecule has 3 nitrogen and oxygen atoms in total. The number of hydrogen-bond acceptors (Lipinski definition) is 2. The lowest BCUT2D eigenvalue weighted by Gasteiger charge is -2.20. The van der Waals surface area contributed by atoms with Gasteiger partial charge in [0.1, 0.15) is 0 Å². The third-order valence-corrected chi connectivity index (χ3v) is 6.56. The van der Waals surface area contributed by atoms with Gasteiger partial charge in [-0.25, -0.2) is 0 Å². The van der Waals surface area contributed by atoms with Crippen LogP contribution < -0.4 is 5.32 Å². The number of carbonyl (C=O) groups is 1. The molecule has 0 aromatic heterocycles. The van der Waals surface area contributed by atoms with E-state index in [1.165, 1.54) is 19.3 Å². The van der Waals surface area contributed by atoms with Crippen molar-refractivity contribution in [1.82, 2.24) is 5.32 Å². The van der Waals surface area contributed by atoms with Crippen LogP contribution in [0.5, 0.6) is 0 Å². The fraction of sp³-hybridized carbons (Fsp3) is 0.611. The molecule has 21 heavy (non-hydrogen) atoms. The molecule has 110 valence electrons. The number of nitrogens with one attached hydrogen (secondary N) is 1. The summed E-state index contributed by atoms with van der Waals surface area (Å²) in [6, 6.07) is 6.02. The van der Waals surface area contributed by atoms with Crippen LogP contribution in [-0.2, 0) is 6.42 Å². The Balaban J connectivity index is 1.43. The first-order valence-corrected chi connectivity index (χ1v) is 8.33. The Hall–Kier alpha value is -1.35. The fourth-order valence-corrected chi connectivity index (χ4v) is 5.65. The van der Waals surface area contributed by atoms with Gasteiger partial charge in [-0.1, -0.05) is 12.1 Å². The lowest BCUT2D eigenvalue weighted by Crippen LogP contribution is -2.32. The van der Waals surface area contributed by atoms with Crippen LogP contribution in [0, 0.1) is 29.6 Å². The molecule has 2 N–H and O–H groups in total. The number of benzene rings is 1. The van der Waals surface area contributed by atoms with E-state index in [2.05, 4.69) is 5.32 Å². The second-order valence-electron chi connectivity index (χ2n) is 7.43. The number of rotatable bonds is 2. The molecule has 4 aliphatic rings. The maximum atomic E-state index is 12.0. The van der Waals surface area contributed by atoms with Gasteiger partial charge in [-0.15, -0.1) is 0 Å². The molecule has 1 aromatic carbocycles. The number of amides is 1. The summed E-state index contributed by atoms with van der Waals surface area (Å²) in [5.74, 6) is 3.76. The molecule has 5 atom stereocenters. The predicted molar refractivity (Wildman–Crippen MR) is 78.7 cm³/mol. The van der Waals surface area contributed by atoms with Gasteiger partial charge in [-0.3, -0.25) is 4.79 Å². The van der Waals surface area contributed by atoms with Gasteiger partial charge in [0, 0.05) is 12.1 Å². The van der Waals surface area contributed by atoms with E-state index in [1.54, 1.807) is 0 Å². The number of aliphatic hydroxyl groups excluding tert-OH is 1. The summed E-state index contributed by atoms with van der Waals surface area (Å²) in [5, 5.41) is 13.7. The topological polar surface area (TPSA) is 49.3 Å². The van der Waals surface area contributed by atoms with Gasteiger partial charge in [0.2, 0.25) is 0 Å². The van der Waals surface area contributed by atoms with Gasteiger partial charge < -0.3 is 10.4 Å². The molecule has 0 spiro atoms. The van der Waals surface area contributed by atoms with Gasteiger partial charge >= 0.3 is 0 Å². The first kappa shape index (κ1) is 12.2. The van der Waals surface area contributed by atoms with E-state index in [9.17, 15) is 9.90 Å². The van der Waals surface area contributed by atoms with Crippen LogP contribution in [0.1, 0.15) is 46.9 Å². The average Bonchev–Trinajstić information content (AvgIpc) is 2.94. The molecule has 2 bridgehead atoms. The van der Waals surface area contributed by atoms with Crippen molar-refractivity contribution in [1.29, 1.82) is 0 Å². The van der Waals surface area contributed by atoms with Crippen LogP contribution in [0.25, 0.3) is 0 Å². The number of aliphatic hydroxyl groups is 1. The molecule has 5 rings (SSSR count). The average molecular weight is 283 g/mol. The summed E-state index contributed by atoms with van der Waals surface area (Å²) in [7, 11) is 0. The molecule has 1 heterocycles. The summed E-state index contributed by atoms with van der Waals surface area (Å²) < 4.78 is 0. The number of fused-ring (bicyclic) bond motifs is 6. The highest BCUT2D eigenvalue weighted by atomic mass is 16.3. The lowest BCUT2D eigenvalue weighted by molar-refractivity contribution is 0.0945. The van der Waals surface area contributed by atoms with Crippen molar-refractivity contribution in [2.24, 2.45) is 29.6 Å². The van der Waals surface area contributed by atoms with Gasteiger partial charge in [-0.05, 0) is 72.5 Å². The highest BCUT2D eigenvalue weighted by Gasteiger charge is 2.66. The van der Waals surface area contributed by atoms with Gasteiger partial charge in [-0.2, -0.15) is 0 Å². The van der Waals surface area contributed by atoms with E-state index in [1.807, 2.05) is 18.2 Å². The minimum absolute atomic E-state index is 0.0151. The molecule has 0 radical (unpaired) electrons. The summed E-state index contributed by atoms with van der Waals surface area (Å²) in [5.41, 5.74) is 2.84. The molecule has 1 amide bonds.